The second-order valence-corrected chi connectivity index (χ2v) is 13.7. The van der Waals surface area contributed by atoms with E-state index in [1.807, 2.05) is 19.1 Å². The molecule has 1 aliphatic heterocycles. The Morgan fingerprint density at radius 2 is 1.83 bits per heavy atom. The van der Waals surface area contributed by atoms with Gasteiger partial charge in [-0.3, -0.25) is 5.10 Å². The van der Waals surface area contributed by atoms with Crippen LogP contribution in [0.1, 0.15) is 100 Å². The lowest BCUT2D eigenvalue weighted by atomic mass is 9.91. The predicted molar refractivity (Wildman–Crippen MR) is 195 cm³/mol. The molecule has 0 radical (unpaired) electrons. The Morgan fingerprint density at radius 1 is 1.06 bits per heavy atom. The number of nitrogens with zero attached hydrogens (tertiary/aromatic N) is 3. The summed E-state index contributed by atoms with van der Waals surface area (Å²) in [6.45, 7) is 15.9. The van der Waals surface area contributed by atoms with E-state index in [1.165, 1.54) is 58.0 Å². The average Bonchev–Trinajstić information content (AvgIpc) is 3.81. The first-order chi connectivity index (χ1) is 22.8. The average molecular weight is 637 g/mol. The molecule has 0 atom stereocenters. The number of fused-ring (bicyclic) bond motifs is 1. The van der Waals surface area contributed by atoms with Gasteiger partial charge in [-0.2, -0.15) is 5.10 Å². The fourth-order valence-corrected chi connectivity index (χ4v) is 7.03. The Kier molecular flexibility index (Phi) is 11.9. The number of aryl methyl sites for hydroxylation is 2. The first-order valence-electron chi connectivity index (χ1n) is 17.6. The second kappa shape index (κ2) is 16.2. The SMILES string of the molecule is C=C/C=C(/c1cc(F)cc(CCCN2CCCC2)c1)c1nc(-c2n[nH]c3ccc(/C(=C/N)C(C)C)cc23)[nH]c1C.CC1CCCCC1. The van der Waals surface area contributed by atoms with Gasteiger partial charge in [0, 0.05) is 16.7 Å². The van der Waals surface area contributed by atoms with Crippen molar-refractivity contribution in [2.45, 2.75) is 85.5 Å². The highest BCUT2D eigenvalue weighted by Gasteiger charge is 2.20. The van der Waals surface area contributed by atoms with Crippen molar-refractivity contribution in [3.8, 4) is 11.5 Å². The lowest BCUT2D eigenvalue weighted by molar-refractivity contribution is 0.334. The van der Waals surface area contributed by atoms with Crippen LogP contribution in [0.3, 0.4) is 0 Å². The van der Waals surface area contributed by atoms with Crippen LogP contribution in [0.15, 0.2) is 61.3 Å². The van der Waals surface area contributed by atoms with E-state index in [-0.39, 0.29) is 5.82 Å². The van der Waals surface area contributed by atoms with Gasteiger partial charge in [-0.25, -0.2) is 9.37 Å². The zero-order valence-electron chi connectivity index (χ0n) is 28.8. The largest absolute Gasteiger partial charge is 0.404 e. The molecule has 2 aromatic heterocycles. The Labute approximate surface area is 280 Å². The minimum atomic E-state index is -0.239. The van der Waals surface area contributed by atoms with Gasteiger partial charge in [0.25, 0.3) is 0 Å². The number of hydrogen-bond acceptors (Lipinski definition) is 4. The number of imidazole rings is 1. The fourth-order valence-electron chi connectivity index (χ4n) is 7.03. The van der Waals surface area contributed by atoms with Crippen LogP contribution in [0.5, 0.6) is 0 Å². The molecular weight excluding hydrogens is 583 g/mol. The number of likely N-dealkylation sites (tertiary alicyclic amines) is 1. The highest BCUT2D eigenvalue weighted by molar-refractivity contribution is 5.94. The maximum absolute atomic E-state index is 14.8. The van der Waals surface area contributed by atoms with E-state index in [4.69, 9.17) is 10.7 Å². The molecule has 47 heavy (non-hydrogen) atoms. The number of aromatic nitrogens is 4. The molecule has 0 amide bonds. The summed E-state index contributed by atoms with van der Waals surface area (Å²) in [4.78, 5) is 10.9. The summed E-state index contributed by atoms with van der Waals surface area (Å²) in [7, 11) is 0. The number of allylic oxidation sites excluding steroid dienone is 3. The molecule has 0 unspecified atom stereocenters. The minimum absolute atomic E-state index is 0.239. The highest BCUT2D eigenvalue weighted by atomic mass is 19.1. The Balaban J connectivity index is 0.000000549. The van der Waals surface area contributed by atoms with Gasteiger partial charge in [0.1, 0.15) is 11.5 Å². The van der Waals surface area contributed by atoms with Gasteiger partial charge in [-0.1, -0.05) is 83.7 Å². The van der Waals surface area contributed by atoms with E-state index in [1.54, 1.807) is 24.4 Å². The third-order valence-corrected chi connectivity index (χ3v) is 9.65. The number of aromatic amines is 2. The molecule has 6 nitrogen and oxygen atoms in total. The zero-order valence-corrected chi connectivity index (χ0v) is 28.8. The number of rotatable bonds is 10. The lowest BCUT2D eigenvalue weighted by Gasteiger charge is -2.15. The molecule has 2 fully saturated rings. The lowest BCUT2D eigenvalue weighted by Crippen LogP contribution is -2.20. The smallest absolute Gasteiger partial charge is 0.159 e. The molecule has 0 spiro atoms. The van der Waals surface area contributed by atoms with Gasteiger partial charge in [0.2, 0.25) is 0 Å². The first-order valence-corrected chi connectivity index (χ1v) is 17.6. The standard InChI is InChI=1S/C33H39FN6.C7H14/c1-5-9-27(25-16-23(17-26(34)18-25)10-8-15-40-13-6-7-14-40)31-22(4)36-33(37-31)32-28-19-24(29(20-35)21(2)3)11-12-30(28)38-39-32;1-7-5-3-2-4-6-7/h5,9,11-12,16-21H,1,6-8,10,13-15,35H2,2-4H3,(H,36,37)(H,38,39);7H,2-6H2,1H3/b27-9-,29-20+;. The van der Waals surface area contributed by atoms with Crippen molar-refractivity contribution in [2.75, 3.05) is 19.6 Å². The van der Waals surface area contributed by atoms with Gasteiger partial charge < -0.3 is 15.6 Å². The molecule has 1 saturated heterocycles. The summed E-state index contributed by atoms with van der Waals surface area (Å²) >= 11 is 0. The van der Waals surface area contributed by atoms with Gasteiger partial charge in [0.15, 0.2) is 5.82 Å². The summed E-state index contributed by atoms with van der Waals surface area (Å²) < 4.78 is 14.8. The maximum atomic E-state index is 14.8. The van der Waals surface area contributed by atoms with Gasteiger partial charge in [-0.05, 0) is 117 Å². The summed E-state index contributed by atoms with van der Waals surface area (Å²) in [6.07, 6.45) is 17.2. The van der Waals surface area contributed by atoms with Crippen LogP contribution < -0.4 is 5.73 Å². The Hall–Kier alpha value is -3.97. The number of nitrogens with one attached hydrogen (secondary N) is 2. The topological polar surface area (TPSA) is 86.6 Å². The van der Waals surface area contributed by atoms with Crippen LogP contribution in [0.25, 0.3) is 33.6 Å². The number of H-pyrrole nitrogens is 2. The number of benzene rings is 2. The van der Waals surface area contributed by atoms with Crippen LogP contribution in [-0.4, -0.2) is 44.7 Å². The van der Waals surface area contributed by atoms with Gasteiger partial charge in [-0.15, -0.1) is 0 Å². The predicted octanol–water partition coefficient (Wildman–Crippen LogP) is 9.59. The molecule has 4 aromatic rings. The van der Waals surface area contributed by atoms with Crippen LogP contribution >= 0.6 is 0 Å². The molecule has 2 aliphatic rings. The van der Waals surface area contributed by atoms with Crippen molar-refractivity contribution < 1.29 is 4.39 Å². The molecule has 7 heteroatoms. The molecular formula is C40H53FN6. The number of hydrogen-bond donors (Lipinski definition) is 3. The van der Waals surface area contributed by atoms with Crippen LogP contribution in [0.4, 0.5) is 4.39 Å². The van der Waals surface area contributed by atoms with Crippen molar-refractivity contribution in [1.82, 2.24) is 25.1 Å². The minimum Gasteiger partial charge on any atom is -0.404 e. The first kappa shape index (κ1) is 34.4. The molecule has 1 aliphatic carbocycles. The van der Waals surface area contributed by atoms with Gasteiger partial charge in [0.05, 0.1) is 11.2 Å². The van der Waals surface area contributed by atoms with E-state index in [0.29, 0.717) is 11.7 Å². The normalized spacial score (nSPS) is 16.6. The molecule has 0 bridgehead atoms. The van der Waals surface area contributed by atoms with Crippen LogP contribution in [-0.2, 0) is 6.42 Å². The van der Waals surface area contributed by atoms with Gasteiger partial charge >= 0.3 is 0 Å². The van der Waals surface area contributed by atoms with Crippen molar-refractivity contribution in [2.24, 2.45) is 17.6 Å². The van der Waals surface area contributed by atoms with E-state index >= 15 is 0 Å². The van der Waals surface area contributed by atoms with Crippen LogP contribution in [0, 0.1) is 24.6 Å². The molecule has 2 aromatic carbocycles. The van der Waals surface area contributed by atoms with E-state index < -0.39 is 0 Å². The summed E-state index contributed by atoms with van der Waals surface area (Å²) in [5.74, 6) is 1.74. The van der Waals surface area contributed by atoms with E-state index in [9.17, 15) is 4.39 Å². The molecule has 4 N–H and O–H groups in total. The van der Waals surface area contributed by atoms with Crippen LogP contribution in [0.2, 0.25) is 0 Å². The molecule has 3 heterocycles. The number of nitrogens with two attached hydrogens (primary N) is 1. The maximum Gasteiger partial charge on any atom is 0.159 e. The fraction of sp³-hybridized carbons (Fsp3) is 0.450. The van der Waals surface area contributed by atoms with Crippen molar-refractivity contribution in [3.63, 3.8) is 0 Å². The highest BCUT2D eigenvalue weighted by Crippen LogP contribution is 2.33. The Morgan fingerprint density at radius 3 is 2.49 bits per heavy atom. The van der Waals surface area contributed by atoms with E-state index in [0.717, 1.165) is 81.1 Å². The van der Waals surface area contributed by atoms with Crippen molar-refractivity contribution >= 4 is 22.0 Å². The summed E-state index contributed by atoms with van der Waals surface area (Å²) in [5.41, 5.74) is 14.0. The second-order valence-electron chi connectivity index (χ2n) is 13.7. The Bertz CT molecular complexity index is 1690. The van der Waals surface area contributed by atoms with E-state index in [2.05, 4.69) is 65.6 Å². The summed E-state index contributed by atoms with van der Waals surface area (Å²) in [5, 5.41) is 8.67. The number of halogens is 1. The molecule has 6 rings (SSSR count). The summed E-state index contributed by atoms with van der Waals surface area (Å²) in [6, 6.07) is 11.5. The van der Waals surface area contributed by atoms with Crippen molar-refractivity contribution in [3.05, 3.63) is 95.2 Å². The van der Waals surface area contributed by atoms with Crippen molar-refractivity contribution in [1.29, 1.82) is 0 Å². The monoisotopic (exact) mass is 636 g/mol. The molecule has 250 valence electrons. The zero-order chi connectivity index (χ0) is 33.3. The third kappa shape index (κ3) is 8.69. The quantitative estimate of drug-likeness (QED) is 0.151. The molecule has 1 saturated carbocycles. The third-order valence-electron chi connectivity index (χ3n) is 9.65.